The molecule has 5 heteroatoms. The highest BCUT2D eigenvalue weighted by molar-refractivity contribution is 6.33. The third-order valence-corrected chi connectivity index (χ3v) is 3.01. The van der Waals surface area contributed by atoms with Crippen LogP contribution in [-0.4, -0.2) is 17.7 Å². The van der Waals surface area contributed by atoms with Crippen LogP contribution in [0.25, 0.3) is 0 Å². The predicted molar refractivity (Wildman–Crippen MR) is 72.5 cm³/mol. The van der Waals surface area contributed by atoms with Crippen LogP contribution in [0, 0.1) is 16.7 Å². The van der Waals surface area contributed by atoms with E-state index in [1.807, 2.05) is 13.8 Å². The molecule has 0 amide bonds. The molecule has 0 spiro atoms. The first-order valence-corrected chi connectivity index (χ1v) is 6.31. The molecule has 0 radical (unpaired) electrons. The Morgan fingerprint density at radius 1 is 1.53 bits per heavy atom. The smallest absolute Gasteiger partial charge is 0.341 e. The maximum atomic E-state index is 11.1. The summed E-state index contributed by atoms with van der Waals surface area (Å²) < 4.78 is 5.44. The Balaban J connectivity index is 2.62. The fourth-order valence-corrected chi connectivity index (χ4v) is 1.83. The van der Waals surface area contributed by atoms with Crippen molar-refractivity contribution < 1.29 is 14.6 Å². The Kier molecular flexibility index (Phi) is 5.20. The summed E-state index contributed by atoms with van der Waals surface area (Å²) in [4.78, 5) is 11.1. The number of hydrogen-bond donors (Lipinski definition) is 1. The molecule has 0 saturated heterocycles. The SMILES string of the molecule is CC(C)(C#N)CCCOc1cccc(Cl)c1C(=O)O. The molecule has 0 unspecified atom stereocenters. The van der Waals surface area contributed by atoms with Gasteiger partial charge < -0.3 is 9.84 Å². The second kappa shape index (κ2) is 6.44. The van der Waals surface area contributed by atoms with Gasteiger partial charge in [0.2, 0.25) is 0 Å². The molecule has 0 aromatic heterocycles. The van der Waals surface area contributed by atoms with Crippen LogP contribution in [-0.2, 0) is 0 Å². The molecule has 19 heavy (non-hydrogen) atoms. The van der Waals surface area contributed by atoms with Crippen molar-refractivity contribution in [2.24, 2.45) is 5.41 Å². The van der Waals surface area contributed by atoms with Gasteiger partial charge in [-0.25, -0.2) is 4.79 Å². The number of nitrogens with zero attached hydrogens (tertiary/aromatic N) is 1. The lowest BCUT2D eigenvalue weighted by molar-refractivity contribution is 0.0692. The monoisotopic (exact) mass is 281 g/mol. The van der Waals surface area contributed by atoms with Crippen molar-refractivity contribution >= 4 is 17.6 Å². The molecule has 0 fully saturated rings. The van der Waals surface area contributed by atoms with Crippen LogP contribution in [0.2, 0.25) is 5.02 Å². The van der Waals surface area contributed by atoms with E-state index in [9.17, 15) is 4.79 Å². The van der Waals surface area contributed by atoms with Gasteiger partial charge in [-0.2, -0.15) is 5.26 Å². The molecule has 0 heterocycles. The van der Waals surface area contributed by atoms with Crippen molar-refractivity contribution in [3.05, 3.63) is 28.8 Å². The number of aromatic carboxylic acids is 1. The van der Waals surface area contributed by atoms with Gasteiger partial charge >= 0.3 is 5.97 Å². The third kappa shape index (κ3) is 4.46. The van der Waals surface area contributed by atoms with E-state index in [1.165, 1.54) is 6.07 Å². The van der Waals surface area contributed by atoms with Crippen molar-refractivity contribution in [3.8, 4) is 11.8 Å². The molecule has 4 nitrogen and oxygen atoms in total. The first-order valence-electron chi connectivity index (χ1n) is 5.93. The third-order valence-electron chi connectivity index (χ3n) is 2.70. The summed E-state index contributed by atoms with van der Waals surface area (Å²) >= 11 is 5.83. The average molecular weight is 282 g/mol. The van der Waals surface area contributed by atoms with E-state index in [1.54, 1.807) is 12.1 Å². The minimum absolute atomic E-state index is 0.0243. The summed E-state index contributed by atoms with van der Waals surface area (Å²) in [6.45, 7) is 4.07. The second-order valence-electron chi connectivity index (χ2n) is 4.87. The highest BCUT2D eigenvalue weighted by Crippen LogP contribution is 2.27. The first-order chi connectivity index (χ1) is 8.87. The number of carboxylic acid groups (broad SMARTS) is 1. The average Bonchev–Trinajstić information content (AvgIpc) is 2.34. The van der Waals surface area contributed by atoms with Gasteiger partial charge in [0.05, 0.1) is 23.1 Å². The van der Waals surface area contributed by atoms with Crippen LogP contribution in [0.4, 0.5) is 0 Å². The van der Waals surface area contributed by atoms with Gasteiger partial charge in [0.1, 0.15) is 11.3 Å². The van der Waals surface area contributed by atoms with Crippen molar-refractivity contribution in [2.45, 2.75) is 26.7 Å². The van der Waals surface area contributed by atoms with E-state index in [-0.39, 0.29) is 16.3 Å². The van der Waals surface area contributed by atoms with Gasteiger partial charge in [0, 0.05) is 0 Å². The minimum atomic E-state index is -1.11. The summed E-state index contributed by atoms with van der Waals surface area (Å²) in [5.74, 6) is -0.854. The molecule has 0 aliphatic heterocycles. The highest BCUT2D eigenvalue weighted by atomic mass is 35.5. The number of benzene rings is 1. The topological polar surface area (TPSA) is 70.3 Å². The second-order valence-corrected chi connectivity index (χ2v) is 5.27. The Morgan fingerprint density at radius 3 is 2.79 bits per heavy atom. The normalized spacial score (nSPS) is 10.8. The molecule has 0 aliphatic carbocycles. The molecule has 1 aromatic rings. The quantitative estimate of drug-likeness (QED) is 0.806. The van der Waals surface area contributed by atoms with Crippen LogP contribution in [0.15, 0.2) is 18.2 Å². The molecule has 0 atom stereocenters. The summed E-state index contributed by atoms with van der Waals surface area (Å²) in [5, 5.41) is 18.1. The maximum absolute atomic E-state index is 11.1. The zero-order valence-electron chi connectivity index (χ0n) is 10.9. The number of nitriles is 1. The number of ether oxygens (including phenoxy) is 1. The molecule has 0 saturated carbocycles. The molecule has 0 bridgehead atoms. The zero-order chi connectivity index (χ0) is 14.5. The molecular weight excluding hydrogens is 266 g/mol. The number of hydrogen-bond acceptors (Lipinski definition) is 3. The van der Waals surface area contributed by atoms with Crippen molar-refractivity contribution in [1.82, 2.24) is 0 Å². The van der Waals surface area contributed by atoms with Gasteiger partial charge in [-0.1, -0.05) is 17.7 Å². The maximum Gasteiger partial charge on any atom is 0.341 e. The zero-order valence-corrected chi connectivity index (χ0v) is 11.7. The number of halogens is 1. The van der Waals surface area contributed by atoms with Crippen molar-refractivity contribution in [2.75, 3.05) is 6.61 Å². The molecular formula is C14H16ClNO3. The van der Waals surface area contributed by atoms with Gasteiger partial charge in [0.25, 0.3) is 0 Å². The van der Waals surface area contributed by atoms with Gasteiger partial charge in [0.15, 0.2) is 0 Å². The Morgan fingerprint density at radius 2 is 2.21 bits per heavy atom. The molecule has 0 aliphatic rings. The lowest BCUT2D eigenvalue weighted by Crippen LogP contribution is -2.11. The summed E-state index contributed by atoms with van der Waals surface area (Å²) in [5.41, 5.74) is -0.420. The lowest BCUT2D eigenvalue weighted by atomic mass is 9.90. The summed E-state index contributed by atoms with van der Waals surface area (Å²) in [6, 6.07) is 6.93. The van der Waals surface area contributed by atoms with Gasteiger partial charge in [-0.3, -0.25) is 0 Å². The molecule has 1 rings (SSSR count). The molecule has 1 aromatic carbocycles. The molecule has 1 N–H and O–H groups in total. The van der Waals surface area contributed by atoms with E-state index in [0.717, 1.165) is 0 Å². The van der Waals surface area contributed by atoms with E-state index in [2.05, 4.69) is 6.07 Å². The first kappa shape index (κ1) is 15.3. The highest BCUT2D eigenvalue weighted by Gasteiger charge is 2.17. The van der Waals surface area contributed by atoms with E-state index < -0.39 is 11.4 Å². The van der Waals surface area contributed by atoms with Crippen LogP contribution in [0.3, 0.4) is 0 Å². The standard InChI is InChI=1S/C14H16ClNO3/c1-14(2,9-16)7-4-8-19-11-6-3-5-10(15)12(11)13(17)18/h3,5-6H,4,7-8H2,1-2H3,(H,17,18). The van der Waals surface area contributed by atoms with Gasteiger partial charge in [-0.05, 0) is 38.8 Å². The fourth-order valence-electron chi connectivity index (χ4n) is 1.58. The van der Waals surface area contributed by atoms with E-state index >= 15 is 0 Å². The van der Waals surface area contributed by atoms with E-state index in [4.69, 9.17) is 26.7 Å². The van der Waals surface area contributed by atoms with E-state index in [0.29, 0.717) is 19.4 Å². The van der Waals surface area contributed by atoms with Gasteiger partial charge in [-0.15, -0.1) is 0 Å². The number of rotatable bonds is 6. The summed E-state index contributed by atoms with van der Waals surface area (Å²) in [7, 11) is 0. The van der Waals surface area contributed by atoms with Crippen LogP contribution in [0.5, 0.6) is 5.75 Å². The minimum Gasteiger partial charge on any atom is -0.493 e. The van der Waals surface area contributed by atoms with Crippen molar-refractivity contribution in [1.29, 1.82) is 5.26 Å². The van der Waals surface area contributed by atoms with Crippen LogP contribution >= 0.6 is 11.6 Å². The Hall–Kier alpha value is -1.73. The van der Waals surface area contributed by atoms with Crippen LogP contribution in [0.1, 0.15) is 37.0 Å². The van der Waals surface area contributed by atoms with Crippen molar-refractivity contribution in [3.63, 3.8) is 0 Å². The molecule has 102 valence electrons. The number of carbonyl (C=O) groups is 1. The van der Waals surface area contributed by atoms with Crippen LogP contribution < -0.4 is 4.74 Å². The fraction of sp³-hybridized carbons (Fsp3) is 0.429. The predicted octanol–water partition coefficient (Wildman–Crippen LogP) is 3.75. The number of carboxylic acids is 1. The lowest BCUT2D eigenvalue weighted by Gasteiger charge is -2.15. The Bertz CT molecular complexity index is 506. The Labute approximate surface area is 117 Å². The largest absolute Gasteiger partial charge is 0.493 e. The summed E-state index contributed by atoms with van der Waals surface area (Å²) in [6.07, 6.45) is 1.36.